The number of hydrogen-bond acceptors (Lipinski definition) is 5. The Labute approximate surface area is 187 Å². The van der Waals surface area contributed by atoms with Crippen molar-refractivity contribution < 1.29 is 14.3 Å². The summed E-state index contributed by atoms with van der Waals surface area (Å²) in [4.78, 5) is 30.2. The van der Waals surface area contributed by atoms with Crippen molar-refractivity contribution in [3.8, 4) is 5.75 Å². The van der Waals surface area contributed by atoms with Crippen LogP contribution in [0.4, 0.5) is 17.1 Å². The van der Waals surface area contributed by atoms with Crippen LogP contribution in [0.25, 0.3) is 5.57 Å². The molecule has 3 aromatic rings. The minimum Gasteiger partial charge on any atom is -0.495 e. The van der Waals surface area contributed by atoms with Gasteiger partial charge in [0.05, 0.1) is 24.1 Å². The van der Waals surface area contributed by atoms with E-state index in [0.717, 1.165) is 11.3 Å². The first kappa shape index (κ1) is 21.2. The second-order valence-electron chi connectivity index (χ2n) is 7.80. The number of nitrogens with zero attached hydrogens (tertiary/aromatic N) is 2. The van der Waals surface area contributed by atoms with Crippen LogP contribution in [-0.2, 0) is 9.59 Å². The predicted octanol–water partition coefficient (Wildman–Crippen LogP) is 4.47. The molecule has 2 amide bonds. The van der Waals surface area contributed by atoms with E-state index in [0.29, 0.717) is 28.3 Å². The Morgan fingerprint density at radius 2 is 1.50 bits per heavy atom. The molecule has 6 nitrogen and oxygen atoms in total. The van der Waals surface area contributed by atoms with Gasteiger partial charge in [-0.3, -0.25) is 9.59 Å². The number of carbonyl (C=O) groups excluding carboxylic acids is 2. The van der Waals surface area contributed by atoms with Gasteiger partial charge < -0.3 is 15.0 Å². The summed E-state index contributed by atoms with van der Waals surface area (Å²) in [6, 6.07) is 22.2. The number of imide groups is 1. The first-order chi connectivity index (χ1) is 15.4. The second kappa shape index (κ2) is 8.59. The Bertz CT molecular complexity index is 1200. The Morgan fingerprint density at radius 3 is 2.12 bits per heavy atom. The minimum atomic E-state index is -0.408. The maximum atomic E-state index is 13.5. The summed E-state index contributed by atoms with van der Waals surface area (Å²) in [5.41, 5.74) is 4.41. The van der Waals surface area contributed by atoms with Crippen LogP contribution in [0.1, 0.15) is 11.1 Å². The van der Waals surface area contributed by atoms with Crippen LogP contribution >= 0.6 is 0 Å². The van der Waals surface area contributed by atoms with Gasteiger partial charge in [0.1, 0.15) is 11.4 Å². The lowest BCUT2D eigenvalue weighted by Gasteiger charge is -2.18. The summed E-state index contributed by atoms with van der Waals surface area (Å²) in [5.74, 6) is -0.194. The molecule has 6 heteroatoms. The average molecular weight is 428 g/mol. The highest BCUT2D eigenvalue weighted by atomic mass is 16.5. The summed E-state index contributed by atoms with van der Waals surface area (Å²) in [6.07, 6.45) is 0. The molecule has 3 aromatic carbocycles. The maximum absolute atomic E-state index is 13.5. The van der Waals surface area contributed by atoms with E-state index in [2.05, 4.69) is 5.32 Å². The fourth-order valence-corrected chi connectivity index (χ4v) is 3.65. The highest BCUT2D eigenvalue weighted by Gasteiger charge is 2.40. The van der Waals surface area contributed by atoms with Crippen molar-refractivity contribution in [2.75, 3.05) is 36.3 Å². The molecule has 0 saturated carbocycles. The van der Waals surface area contributed by atoms with Gasteiger partial charge in [-0.25, -0.2) is 4.90 Å². The van der Waals surface area contributed by atoms with Gasteiger partial charge in [-0.1, -0.05) is 42.0 Å². The molecule has 0 fully saturated rings. The Hall–Kier alpha value is -4.06. The van der Waals surface area contributed by atoms with Crippen molar-refractivity contribution >= 4 is 34.4 Å². The van der Waals surface area contributed by atoms with E-state index < -0.39 is 5.91 Å². The van der Waals surface area contributed by atoms with Crippen LogP contribution in [-0.4, -0.2) is 33.0 Å². The van der Waals surface area contributed by atoms with E-state index in [1.54, 1.807) is 25.3 Å². The highest BCUT2D eigenvalue weighted by Crippen LogP contribution is 2.36. The lowest BCUT2D eigenvalue weighted by Crippen LogP contribution is -2.32. The molecule has 0 bridgehead atoms. The topological polar surface area (TPSA) is 61.9 Å². The molecule has 162 valence electrons. The Morgan fingerprint density at radius 1 is 0.844 bits per heavy atom. The Kier molecular flexibility index (Phi) is 5.69. The number of carbonyl (C=O) groups is 2. The Balaban J connectivity index is 1.80. The van der Waals surface area contributed by atoms with E-state index in [1.807, 2.05) is 80.5 Å². The fourth-order valence-electron chi connectivity index (χ4n) is 3.65. The van der Waals surface area contributed by atoms with Crippen molar-refractivity contribution in [2.24, 2.45) is 0 Å². The van der Waals surface area contributed by atoms with Gasteiger partial charge in [0.15, 0.2) is 0 Å². The molecule has 4 rings (SSSR count). The van der Waals surface area contributed by atoms with Crippen molar-refractivity contribution in [3.05, 3.63) is 89.6 Å². The normalized spacial score (nSPS) is 13.6. The van der Waals surface area contributed by atoms with Gasteiger partial charge in [-0.15, -0.1) is 0 Å². The van der Waals surface area contributed by atoms with Gasteiger partial charge in [0.25, 0.3) is 11.8 Å². The number of rotatable bonds is 6. The molecule has 0 radical (unpaired) electrons. The molecule has 0 aromatic heterocycles. The zero-order valence-corrected chi connectivity index (χ0v) is 18.5. The molecule has 0 saturated heterocycles. The van der Waals surface area contributed by atoms with E-state index >= 15 is 0 Å². The number of amides is 2. The molecular weight excluding hydrogens is 402 g/mol. The summed E-state index contributed by atoms with van der Waals surface area (Å²) < 4.78 is 5.42. The van der Waals surface area contributed by atoms with Crippen LogP contribution in [0.3, 0.4) is 0 Å². The van der Waals surface area contributed by atoms with Crippen molar-refractivity contribution in [1.82, 2.24) is 0 Å². The van der Waals surface area contributed by atoms with Crippen LogP contribution < -0.4 is 19.9 Å². The van der Waals surface area contributed by atoms with Crippen LogP contribution in [0.5, 0.6) is 5.75 Å². The number of nitrogens with one attached hydrogen (secondary N) is 1. The number of para-hydroxylation sites is 2. The van der Waals surface area contributed by atoms with Crippen LogP contribution in [0.15, 0.2) is 78.5 Å². The lowest BCUT2D eigenvalue weighted by atomic mass is 10.0. The van der Waals surface area contributed by atoms with Crippen molar-refractivity contribution in [1.29, 1.82) is 0 Å². The van der Waals surface area contributed by atoms with E-state index in [-0.39, 0.29) is 11.6 Å². The third-order valence-electron chi connectivity index (χ3n) is 5.42. The molecular formula is C26H25N3O3. The number of ether oxygens (including phenoxy) is 1. The number of benzene rings is 3. The zero-order valence-electron chi connectivity index (χ0n) is 18.5. The average Bonchev–Trinajstić information content (AvgIpc) is 3.04. The van der Waals surface area contributed by atoms with Crippen molar-refractivity contribution in [3.63, 3.8) is 0 Å². The monoisotopic (exact) mass is 427 g/mol. The molecule has 0 aliphatic carbocycles. The zero-order chi connectivity index (χ0) is 22.8. The van der Waals surface area contributed by atoms with Crippen molar-refractivity contribution in [2.45, 2.75) is 6.92 Å². The third-order valence-corrected chi connectivity index (χ3v) is 5.42. The standard InChI is InChI=1S/C26H25N3O3/c1-17-9-11-18(12-10-17)23-24(27-21-7-5-6-8-22(21)32-4)26(31)29(25(23)30)20-15-13-19(14-16-20)28(2)3/h5-16,27H,1-4H3. The molecule has 1 heterocycles. The molecule has 32 heavy (non-hydrogen) atoms. The highest BCUT2D eigenvalue weighted by molar-refractivity contribution is 6.46. The summed E-state index contributed by atoms with van der Waals surface area (Å²) in [6.45, 7) is 1.98. The number of hydrogen-bond donors (Lipinski definition) is 1. The molecule has 0 unspecified atom stereocenters. The van der Waals surface area contributed by atoms with E-state index in [9.17, 15) is 9.59 Å². The van der Waals surface area contributed by atoms with Gasteiger partial charge in [-0.05, 0) is 48.9 Å². The van der Waals surface area contributed by atoms with Crippen LogP contribution in [0, 0.1) is 6.92 Å². The van der Waals surface area contributed by atoms with Gasteiger partial charge in [-0.2, -0.15) is 0 Å². The summed E-state index contributed by atoms with van der Waals surface area (Å²) in [7, 11) is 5.44. The molecule has 1 aliphatic rings. The number of aryl methyl sites for hydroxylation is 1. The first-order valence-electron chi connectivity index (χ1n) is 10.3. The SMILES string of the molecule is COc1ccccc1NC1=C(c2ccc(C)cc2)C(=O)N(c2ccc(N(C)C)cc2)C1=O. The van der Waals surface area contributed by atoms with Crippen LogP contribution in [0.2, 0.25) is 0 Å². The van der Waals surface area contributed by atoms with Gasteiger partial charge in [0, 0.05) is 19.8 Å². The molecule has 1 aliphatic heterocycles. The predicted molar refractivity (Wildman–Crippen MR) is 128 cm³/mol. The first-order valence-corrected chi connectivity index (χ1v) is 10.3. The second-order valence-corrected chi connectivity index (χ2v) is 7.80. The maximum Gasteiger partial charge on any atom is 0.282 e. The molecule has 0 spiro atoms. The fraction of sp³-hybridized carbons (Fsp3) is 0.154. The molecule has 1 N–H and O–H groups in total. The van der Waals surface area contributed by atoms with Gasteiger partial charge >= 0.3 is 0 Å². The summed E-state index contributed by atoms with van der Waals surface area (Å²) in [5, 5.41) is 3.17. The quantitative estimate of drug-likeness (QED) is 0.589. The number of anilines is 3. The van der Waals surface area contributed by atoms with Gasteiger partial charge in [0.2, 0.25) is 0 Å². The van der Waals surface area contributed by atoms with E-state index in [4.69, 9.17) is 4.74 Å². The molecule has 0 atom stereocenters. The third kappa shape index (κ3) is 3.83. The smallest absolute Gasteiger partial charge is 0.282 e. The summed E-state index contributed by atoms with van der Waals surface area (Å²) >= 11 is 0. The minimum absolute atomic E-state index is 0.222. The largest absolute Gasteiger partial charge is 0.495 e. The van der Waals surface area contributed by atoms with E-state index in [1.165, 1.54) is 4.90 Å². The lowest BCUT2D eigenvalue weighted by molar-refractivity contribution is -0.120. The number of methoxy groups -OCH3 is 1.